The Hall–Kier alpha value is -7.37. The molecule has 0 aliphatic heterocycles. The van der Waals surface area contributed by atoms with E-state index < -0.39 is 0 Å². The third-order valence-electron chi connectivity index (χ3n) is 10.4. The highest BCUT2D eigenvalue weighted by molar-refractivity contribution is 6.22. The first kappa shape index (κ1) is 30.3. The number of benzene rings is 8. The summed E-state index contributed by atoms with van der Waals surface area (Å²) < 4.78 is 13.2. The maximum absolute atomic E-state index is 6.68. The van der Waals surface area contributed by atoms with Gasteiger partial charge in [-0.3, -0.25) is 0 Å². The quantitative estimate of drug-likeness (QED) is 0.180. The molecule has 5 heteroatoms. The highest BCUT2D eigenvalue weighted by Crippen LogP contribution is 2.44. The van der Waals surface area contributed by atoms with Gasteiger partial charge in [0.15, 0.2) is 17.5 Å². The molecule has 252 valence electrons. The Labute approximate surface area is 309 Å². The minimum atomic E-state index is 0.536. The zero-order chi connectivity index (χ0) is 35.6. The van der Waals surface area contributed by atoms with Crippen LogP contribution >= 0.6 is 0 Å². The second-order valence-corrected chi connectivity index (χ2v) is 13.5. The van der Waals surface area contributed by atoms with Gasteiger partial charge in [-0.1, -0.05) is 152 Å². The Kier molecular flexibility index (Phi) is 6.79. The zero-order valence-electron chi connectivity index (χ0n) is 28.9. The third kappa shape index (κ3) is 4.76. The van der Waals surface area contributed by atoms with E-state index in [4.69, 9.17) is 23.8 Å². The Morgan fingerprint density at radius 3 is 1.56 bits per heavy atom. The number of rotatable bonds is 5. The number of aromatic nitrogens is 3. The van der Waals surface area contributed by atoms with E-state index in [1.54, 1.807) is 0 Å². The van der Waals surface area contributed by atoms with Crippen LogP contribution < -0.4 is 0 Å². The van der Waals surface area contributed by atoms with Gasteiger partial charge in [-0.25, -0.2) is 15.0 Å². The normalized spacial score (nSPS) is 11.7. The second-order valence-electron chi connectivity index (χ2n) is 13.5. The first-order valence-corrected chi connectivity index (χ1v) is 18.0. The third-order valence-corrected chi connectivity index (χ3v) is 10.4. The van der Waals surface area contributed by atoms with E-state index in [2.05, 4.69) is 121 Å². The van der Waals surface area contributed by atoms with Crippen LogP contribution in [0, 0.1) is 0 Å². The summed E-state index contributed by atoms with van der Waals surface area (Å²) in [5.74, 6) is 1.68. The fraction of sp³-hybridized carbons (Fsp3) is 0. The summed E-state index contributed by atoms with van der Waals surface area (Å²) in [6.45, 7) is 0. The zero-order valence-corrected chi connectivity index (χ0v) is 28.9. The van der Waals surface area contributed by atoms with Crippen LogP contribution in [0.1, 0.15) is 0 Å². The monoisotopic (exact) mass is 691 g/mol. The lowest BCUT2D eigenvalue weighted by Crippen LogP contribution is -2.01. The van der Waals surface area contributed by atoms with Gasteiger partial charge in [-0.05, 0) is 51.9 Å². The summed E-state index contributed by atoms with van der Waals surface area (Å²) in [7, 11) is 0. The van der Waals surface area contributed by atoms with E-state index >= 15 is 0 Å². The molecular formula is C49H29N3O2. The molecule has 0 bridgehead atoms. The Bertz CT molecular complexity index is 3220. The molecule has 3 aromatic heterocycles. The topological polar surface area (TPSA) is 65.0 Å². The Morgan fingerprint density at radius 1 is 0.296 bits per heavy atom. The Morgan fingerprint density at radius 2 is 0.778 bits per heavy atom. The van der Waals surface area contributed by atoms with Crippen molar-refractivity contribution in [1.82, 2.24) is 15.0 Å². The van der Waals surface area contributed by atoms with Gasteiger partial charge in [0.1, 0.15) is 22.3 Å². The van der Waals surface area contributed by atoms with E-state index in [0.717, 1.165) is 93.6 Å². The van der Waals surface area contributed by atoms with Crippen molar-refractivity contribution >= 4 is 54.6 Å². The molecule has 0 saturated carbocycles. The summed E-state index contributed by atoms with van der Waals surface area (Å²) >= 11 is 0. The molecule has 11 aromatic rings. The summed E-state index contributed by atoms with van der Waals surface area (Å²) in [4.78, 5) is 15.9. The molecule has 5 nitrogen and oxygen atoms in total. The predicted molar refractivity (Wildman–Crippen MR) is 219 cm³/mol. The molecule has 0 aliphatic rings. The summed E-state index contributed by atoms with van der Waals surface area (Å²) in [6.07, 6.45) is 0. The smallest absolute Gasteiger partial charge is 0.167 e. The second kappa shape index (κ2) is 12.1. The SMILES string of the molecule is c1ccc(-c2ccccc2-c2nc(-c3cc4c(oc5cccc(-c6ccccc6)c54)c4ccccc34)nc(-c3cccc4c3oc3ccccc34)n2)cc1. The van der Waals surface area contributed by atoms with Gasteiger partial charge in [-0.15, -0.1) is 0 Å². The van der Waals surface area contributed by atoms with Crippen LogP contribution in [0.15, 0.2) is 185 Å². The highest BCUT2D eigenvalue weighted by atomic mass is 16.3. The minimum absolute atomic E-state index is 0.536. The van der Waals surface area contributed by atoms with Crippen molar-refractivity contribution in [3.63, 3.8) is 0 Å². The van der Waals surface area contributed by atoms with E-state index in [1.807, 2.05) is 54.6 Å². The molecule has 0 fully saturated rings. The number of hydrogen-bond acceptors (Lipinski definition) is 5. The lowest BCUT2D eigenvalue weighted by atomic mass is 9.95. The van der Waals surface area contributed by atoms with Gasteiger partial charge < -0.3 is 8.83 Å². The molecule has 0 amide bonds. The molecule has 8 aromatic carbocycles. The first-order valence-electron chi connectivity index (χ1n) is 18.0. The van der Waals surface area contributed by atoms with Crippen molar-refractivity contribution < 1.29 is 8.83 Å². The minimum Gasteiger partial charge on any atom is -0.455 e. The van der Waals surface area contributed by atoms with Crippen molar-refractivity contribution in [2.24, 2.45) is 0 Å². The number of fused-ring (bicyclic) bond motifs is 8. The first-order chi connectivity index (χ1) is 26.8. The number of hydrogen-bond donors (Lipinski definition) is 0. The van der Waals surface area contributed by atoms with Crippen LogP contribution in [0.4, 0.5) is 0 Å². The van der Waals surface area contributed by atoms with Crippen LogP contribution in [0.2, 0.25) is 0 Å². The number of furan rings is 2. The molecule has 0 aliphatic carbocycles. The molecule has 0 radical (unpaired) electrons. The summed E-state index contributed by atoms with van der Waals surface area (Å²) in [5, 5.41) is 6.11. The van der Waals surface area contributed by atoms with Gasteiger partial charge in [0, 0.05) is 38.1 Å². The van der Waals surface area contributed by atoms with Crippen molar-refractivity contribution in [2.45, 2.75) is 0 Å². The van der Waals surface area contributed by atoms with Crippen molar-refractivity contribution in [1.29, 1.82) is 0 Å². The van der Waals surface area contributed by atoms with E-state index in [1.165, 1.54) is 0 Å². The van der Waals surface area contributed by atoms with Crippen LogP contribution in [-0.4, -0.2) is 15.0 Å². The molecule has 0 N–H and O–H groups in total. The highest BCUT2D eigenvalue weighted by Gasteiger charge is 2.22. The summed E-state index contributed by atoms with van der Waals surface area (Å²) in [6, 6.07) is 60.3. The van der Waals surface area contributed by atoms with Gasteiger partial charge in [-0.2, -0.15) is 0 Å². The predicted octanol–water partition coefficient (Wildman–Crippen LogP) is 13.2. The van der Waals surface area contributed by atoms with E-state index in [9.17, 15) is 0 Å². The summed E-state index contributed by atoms with van der Waals surface area (Å²) in [5.41, 5.74) is 10.2. The van der Waals surface area contributed by atoms with Gasteiger partial charge >= 0.3 is 0 Å². The molecule has 0 spiro atoms. The molecular weight excluding hydrogens is 663 g/mol. The van der Waals surface area contributed by atoms with Gasteiger partial charge in [0.2, 0.25) is 0 Å². The van der Waals surface area contributed by atoms with Crippen LogP contribution in [-0.2, 0) is 0 Å². The maximum atomic E-state index is 6.68. The largest absolute Gasteiger partial charge is 0.455 e. The van der Waals surface area contributed by atoms with E-state index in [0.29, 0.717) is 17.5 Å². The van der Waals surface area contributed by atoms with Gasteiger partial charge in [0.25, 0.3) is 0 Å². The number of para-hydroxylation sites is 2. The van der Waals surface area contributed by atoms with Crippen molar-refractivity contribution in [3.8, 4) is 56.4 Å². The maximum Gasteiger partial charge on any atom is 0.167 e. The molecule has 0 unspecified atom stereocenters. The average molecular weight is 692 g/mol. The Balaban J connectivity index is 1.23. The fourth-order valence-electron chi connectivity index (χ4n) is 7.90. The fourth-order valence-corrected chi connectivity index (χ4v) is 7.90. The molecule has 3 heterocycles. The standard InChI is InChI=1S/C49H29N3O2/c1-3-15-30(16-4-1)32-19-7-10-23-38(32)47-50-48(39-26-13-25-37-35-21-11-12-27-42(35)53-45(37)39)52-49(51-47)40-29-41-44-33(31-17-5-2-6-18-31)24-14-28-43(44)54-46(41)36-22-9-8-20-34(36)40/h1-29H. The van der Waals surface area contributed by atoms with Crippen molar-refractivity contribution in [3.05, 3.63) is 176 Å². The van der Waals surface area contributed by atoms with Gasteiger partial charge in [0.05, 0.1) is 5.56 Å². The average Bonchev–Trinajstić information content (AvgIpc) is 3.83. The molecule has 0 atom stereocenters. The van der Waals surface area contributed by atoms with Crippen LogP contribution in [0.25, 0.3) is 111 Å². The van der Waals surface area contributed by atoms with E-state index in [-0.39, 0.29) is 0 Å². The van der Waals surface area contributed by atoms with Crippen LogP contribution in [0.5, 0.6) is 0 Å². The van der Waals surface area contributed by atoms with Crippen molar-refractivity contribution in [2.75, 3.05) is 0 Å². The lowest BCUT2D eigenvalue weighted by Gasteiger charge is -2.13. The molecule has 0 saturated heterocycles. The molecule has 11 rings (SSSR count). The molecule has 54 heavy (non-hydrogen) atoms. The lowest BCUT2D eigenvalue weighted by molar-refractivity contribution is 0.669. The number of nitrogens with zero attached hydrogens (tertiary/aromatic N) is 3. The van der Waals surface area contributed by atoms with Crippen LogP contribution in [0.3, 0.4) is 0 Å².